The Balaban J connectivity index is 1.28. The lowest BCUT2D eigenvalue weighted by molar-refractivity contribution is -0.0147. The summed E-state index contributed by atoms with van der Waals surface area (Å²) in [5, 5.41) is 0. The van der Waals surface area contributed by atoms with E-state index in [1.807, 2.05) is 19.1 Å². The lowest BCUT2D eigenvalue weighted by atomic mass is 9.77. The van der Waals surface area contributed by atoms with Crippen LogP contribution in [0.3, 0.4) is 0 Å². The third kappa shape index (κ3) is 3.16. The van der Waals surface area contributed by atoms with Crippen LogP contribution in [0.2, 0.25) is 0 Å². The summed E-state index contributed by atoms with van der Waals surface area (Å²) in [6.07, 6.45) is 3.93. The first-order valence-corrected chi connectivity index (χ1v) is 8.10. The number of halogens is 1. The molecule has 122 valence electrons. The van der Waals surface area contributed by atoms with Crippen molar-refractivity contribution in [3.8, 4) is 0 Å². The highest BCUT2D eigenvalue weighted by atomic mass is 19.1. The van der Waals surface area contributed by atoms with Crippen molar-refractivity contribution in [3.05, 3.63) is 53.5 Å². The summed E-state index contributed by atoms with van der Waals surface area (Å²) in [5.74, 6) is 0.536. The van der Waals surface area contributed by atoms with Crippen LogP contribution >= 0.6 is 0 Å². The molecule has 1 aromatic heterocycles. The number of hydrogen-bond donors (Lipinski definition) is 0. The van der Waals surface area contributed by atoms with E-state index in [9.17, 15) is 4.39 Å². The van der Waals surface area contributed by atoms with Gasteiger partial charge in [0, 0.05) is 32.0 Å². The minimum absolute atomic E-state index is 0.185. The Bertz CT molecular complexity index is 677. The maximum atomic E-state index is 13.0. The molecule has 2 saturated heterocycles. The normalized spacial score (nSPS) is 23.3. The Morgan fingerprint density at radius 1 is 1.30 bits per heavy atom. The van der Waals surface area contributed by atoms with Gasteiger partial charge in [0.2, 0.25) is 0 Å². The Morgan fingerprint density at radius 2 is 2.09 bits per heavy atom. The molecule has 0 N–H and O–H groups in total. The molecule has 0 aliphatic carbocycles. The fourth-order valence-electron chi connectivity index (χ4n) is 3.85. The van der Waals surface area contributed by atoms with E-state index in [1.54, 1.807) is 6.26 Å². The van der Waals surface area contributed by atoms with Crippen molar-refractivity contribution in [2.75, 3.05) is 19.7 Å². The van der Waals surface area contributed by atoms with Crippen molar-refractivity contribution in [1.82, 2.24) is 9.88 Å². The highest BCUT2D eigenvalue weighted by Gasteiger charge is 2.48. The summed E-state index contributed by atoms with van der Waals surface area (Å²) in [5.41, 5.74) is 2.44. The lowest BCUT2D eigenvalue weighted by Gasteiger charge is -2.47. The highest BCUT2D eigenvalue weighted by molar-refractivity contribution is 5.17. The van der Waals surface area contributed by atoms with Crippen LogP contribution in [0.15, 0.2) is 34.9 Å². The molecule has 23 heavy (non-hydrogen) atoms. The van der Waals surface area contributed by atoms with Crippen molar-refractivity contribution in [1.29, 1.82) is 0 Å². The molecule has 0 unspecified atom stereocenters. The monoisotopic (exact) mass is 316 g/mol. The Morgan fingerprint density at radius 3 is 2.78 bits per heavy atom. The number of oxazole rings is 1. The van der Waals surface area contributed by atoms with E-state index >= 15 is 0 Å². The number of hydrogen-bond acceptors (Lipinski definition) is 4. The quantitative estimate of drug-likeness (QED) is 0.869. The molecule has 0 saturated carbocycles. The molecule has 3 heterocycles. The number of rotatable bonds is 4. The van der Waals surface area contributed by atoms with Crippen LogP contribution in [0, 0.1) is 18.2 Å². The van der Waals surface area contributed by atoms with Gasteiger partial charge in [0.25, 0.3) is 0 Å². The van der Waals surface area contributed by atoms with Gasteiger partial charge in [-0.1, -0.05) is 12.1 Å². The van der Waals surface area contributed by atoms with Crippen molar-refractivity contribution in [3.63, 3.8) is 0 Å². The van der Waals surface area contributed by atoms with Crippen LogP contribution < -0.4 is 0 Å². The largest absolute Gasteiger partial charge is 0.449 e. The van der Waals surface area contributed by atoms with Crippen molar-refractivity contribution in [2.24, 2.45) is 5.41 Å². The Labute approximate surface area is 135 Å². The zero-order valence-corrected chi connectivity index (χ0v) is 13.3. The van der Waals surface area contributed by atoms with Crippen LogP contribution in [-0.2, 0) is 17.7 Å². The van der Waals surface area contributed by atoms with Crippen LogP contribution in [0.4, 0.5) is 4.39 Å². The molecule has 2 aromatic rings. The van der Waals surface area contributed by atoms with Gasteiger partial charge in [-0.15, -0.1) is 0 Å². The van der Waals surface area contributed by atoms with Gasteiger partial charge in [-0.3, -0.25) is 4.90 Å². The third-order valence-corrected chi connectivity index (χ3v) is 4.83. The first-order valence-electron chi connectivity index (χ1n) is 8.10. The fraction of sp³-hybridized carbons (Fsp3) is 0.500. The van der Waals surface area contributed by atoms with E-state index in [4.69, 9.17) is 9.15 Å². The number of nitrogens with zero attached hydrogens (tertiary/aromatic N) is 2. The molecule has 2 fully saturated rings. The van der Waals surface area contributed by atoms with Crippen molar-refractivity contribution < 1.29 is 13.5 Å². The van der Waals surface area contributed by atoms with Crippen molar-refractivity contribution >= 4 is 0 Å². The van der Waals surface area contributed by atoms with Gasteiger partial charge in [0.05, 0.1) is 18.4 Å². The molecule has 4 nitrogen and oxygen atoms in total. The molecule has 1 spiro atoms. The molecular weight excluding hydrogens is 295 g/mol. The maximum Gasteiger partial charge on any atom is 0.191 e. The molecule has 5 heteroatoms. The predicted molar refractivity (Wildman–Crippen MR) is 83.4 cm³/mol. The predicted octanol–water partition coefficient (Wildman–Crippen LogP) is 2.96. The first-order chi connectivity index (χ1) is 11.1. The second-order valence-electron chi connectivity index (χ2n) is 6.97. The number of aryl methyl sites for hydroxylation is 1. The SMILES string of the molecule is Cc1nc(CN2CC3(CO[C@@H](Cc4ccc(F)cc4)C3)C2)co1. The first kappa shape index (κ1) is 14.8. The number of benzene rings is 1. The second kappa shape index (κ2) is 5.73. The summed E-state index contributed by atoms with van der Waals surface area (Å²) in [7, 11) is 0. The van der Waals surface area contributed by atoms with Gasteiger partial charge in [-0.05, 0) is 30.5 Å². The van der Waals surface area contributed by atoms with Gasteiger partial charge < -0.3 is 9.15 Å². The summed E-state index contributed by atoms with van der Waals surface area (Å²) < 4.78 is 24.2. The second-order valence-corrected chi connectivity index (χ2v) is 6.97. The summed E-state index contributed by atoms with van der Waals surface area (Å²) in [6.45, 7) is 5.65. The minimum atomic E-state index is -0.185. The summed E-state index contributed by atoms with van der Waals surface area (Å²) >= 11 is 0. The van der Waals surface area contributed by atoms with E-state index in [0.29, 0.717) is 5.41 Å². The summed E-state index contributed by atoms with van der Waals surface area (Å²) in [6, 6.07) is 6.74. The topological polar surface area (TPSA) is 38.5 Å². The van der Waals surface area contributed by atoms with E-state index in [-0.39, 0.29) is 11.9 Å². The number of likely N-dealkylation sites (tertiary alicyclic amines) is 1. The van der Waals surface area contributed by atoms with E-state index in [1.165, 1.54) is 12.1 Å². The molecule has 2 aliphatic heterocycles. The smallest absolute Gasteiger partial charge is 0.191 e. The molecular formula is C18H21FN2O2. The molecule has 2 aliphatic rings. The van der Waals surface area contributed by atoms with E-state index in [0.717, 1.165) is 56.2 Å². The lowest BCUT2D eigenvalue weighted by Crippen LogP contribution is -2.56. The fourth-order valence-corrected chi connectivity index (χ4v) is 3.85. The molecule has 1 aromatic carbocycles. The zero-order valence-electron chi connectivity index (χ0n) is 13.3. The molecule has 0 bridgehead atoms. The molecule has 1 atom stereocenters. The third-order valence-electron chi connectivity index (χ3n) is 4.83. The standard InChI is InChI=1S/C18H21FN2O2/c1-13-20-16(9-22-13)8-21-10-18(11-21)7-17(23-12-18)6-14-2-4-15(19)5-3-14/h2-5,9,17H,6-8,10-12H2,1H3/t17-/m0/s1. The van der Waals surface area contributed by atoms with E-state index < -0.39 is 0 Å². The molecule has 0 amide bonds. The van der Waals surface area contributed by atoms with Crippen LogP contribution in [0.25, 0.3) is 0 Å². The Hall–Kier alpha value is -1.72. The zero-order chi connectivity index (χ0) is 15.9. The molecule has 4 rings (SSSR count). The van der Waals surface area contributed by atoms with Gasteiger partial charge in [0.1, 0.15) is 12.1 Å². The minimum Gasteiger partial charge on any atom is -0.449 e. The Kier molecular flexibility index (Phi) is 3.70. The number of aromatic nitrogens is 1. The average Bonchev–Trinajstić information content (AvgIpc) is 3.08. The highest BCUT2D eigenvalue weighted by Crippen LogP contribution is 2.42. The van der Waals surface area contributed by atoms with Crippen LogP contribution in [0.1, 0.15) is 23.6 Å². The van der Waals surface area contributed by atoms with Crippen LogP contribution in [-0.4, -0.2) is 35.7 Å². The van der Waals surface area contributed by atoms with Gasteiger partial charge >= 0.3 is 0 Å². The van der Waals surface area contributed by atoms with Gasteiger partial charge in [0.15, 0.2) is 5.89 Å². The number of ether oxygens (including phenoxy) is 1. The average molecular weight is 316 g/mol. The van der Waals surface area contributed by atoms with E-state index in [2.05, 4.69) is 9.88 Å². The maximum absolute atomic E-state index is 13.0. The van der Waals surface area contributed by atoms with Gasteiger partial charge in [-0.25, -0.2) is 9.37 Å². The summed E-state index contributed by atoms with van der Waals surface area (Å²) in [4.78, 5) is 6.75. The van der Waals surface area contributed by atoms with Crippen molar-refractivity contribution in [2.45, 2.75) is 32.4 Å². The molecule has 0 radical (unpaired) electrons. The van der Waals surface area contributed by atoms with Gasteiger partial charge in [-0.2, -0.15) is 0 Å². The van der Waals surface area contributed by atoms with Crippen LogP contribution in [0.5, 0.6) is 0 Å².